The Morgan fingerprint density at radius 3 is 2.46 bits per heavy atom. The van der Waals surface area contributed by atoms with Crippen LogP contribution in [0.3, 0.4) is 0 Å². The average molecular weight is 402 g/mol. The number of fused-ring (bicyclic) bond motifs is 1. The minimum Gasteiger partial charge on any atom is -0.452 e. The summed E-state index contributed by atoms with van der Waals surface area (Å²) in [7, 11) is 0. The summed E-state index contributed by atoms with van der Waals surface area (Å²) in [6, 6.07) is 10.8. The smallest absolute Gasteiger partial charge is 0.338 e. The van der Waals surface area contributed by atoms with Gasteiger partial charge < -0.3 is 10.1 Å². The molecule has 0 spiro atoms. The Hall–Kier alpha value is -3.39. The molecule has 0 radical (unpaired) electrons. The number of nitrogens with one attached hydrogen (secondary N) is 3. The van der Waals surface area contributed by atoms with Gasteiger partial charge in [-0.15, -0.1) is 0 Å². The summed E-state index contributed by atoms with van der Waals surface area (Å²) >= 11 is 5.74. The third-order valence-corrected chi connectivity index (χ3v) is 4.24. The van der Waals surface area contributed by atoms with Crippen molar-refractivity contribution in [3.05, 3.63) is 64.2 Å². The molecule has 2 aromatic rings. The van der Waals surface area contributed by atoms with Crippen molar-refractivity contribution in [1.82, 2.24) is 10.9 Å². The highest BCUT2D eigenvalue weighted by Gasteiger charge is 2.18. The molecule has 28 heavy (non-hydrogen) atoms. The molecule has 0 aliphatic carbocycles. The van der Waals surface area contributed by atoms with Crippen LogP contribution in [-0.4, -0.2) is 30.3 Å². The Kier molecular flexibility index (Phi) is 5.90. The van der Waals surface area contributed by atoms with Gasteiger partial charge in [0.1, 0.15) is 0 Å². The maximum absolute atomic E-state index is 12.1. The summed E-state index contributed by atoms with van der Waals surface area (Å²) in [4.78, 5) is 47.1. The number of rotatable bonds is 4. The van der Waals surface area contributed by atoms with Gasteiger partial charge in [-0.05, 0) is 54.4 Å². The normalized spacial score (nSPS) is 12.4. The Bertz CT molecular complexity index is 943. The number of halogens is 1. The van der Waals surface area contributed by atoms with Crippen LogP contribution in [0.25, 0.3) is 0 Å². The minimum atomic E-state index is -0.694. The predicted molar refractivity (Wildman–Crippen MR) is 101 cm³/mol. The monoisotopic (exact) mass is 401 g/mol. The summed E-state index contributed by atoms with van der Waals surface area (Å²) in [5.74, 6) is -1.98. The molecule has 3 rings (SSSR count). The van der Waals surface area contributed by atoms with Crippen LogP contribution in [0.5, 0.6) is 0 Å². The van der Waals surface area contributed by atoms with Crippen LogP contribution in [0.4, 0.5) is 5.69 Å². The zero-order valence-electron chi connectivity index (χ0n) is 14.6. The third kappa shape index (κ3) is 4.86. The number of hydrazine groups is 1. The molecule has 3 N–H and O–H groups in total. The first-order chi connectivity index (χ1) is 13.4. The highest BCUT2D eigenvalue weighted by atomic mass is 35.5. The standard InChI is InChI=1S/C19H16ClN3O5/c20-14-5-1-11(2-6-14)18(26)23-22-17(25)10-28-19(27)13-3-7-15-12(9-13)4-8-16(24)21-15/h1-3,5-7,9H,4,8,10H2,(H,21,24)(H,22,25)(H,23,26). The van der Waals surface area contributed by atoms with Gasteiger partial charge in [-0.1, -0.05) is 11.6 Å². The zero-order chi connectivity index (χ0) is 20.1. The molecule has 0 aromatic heterocycles. The van der Waals surface area contributed by atoms with E-state index in [-0.39, 0.29) is 11.5 Å². The molecule has 0 bridgehead atoms. The van der Waals surface area contributed by atoms with Crippen molar-refractivity contribution in [2.75, 3.05) is 11.9 Å². The van der Waals surface area contributed by atoms with Gasteiger partial charge in [-0.3, -0.25) is 25.2 Å². The van der Waals surface area contributed by atoms with Crippen molar-refractivity contribution in [2.24, 2.45) is 0 Å². The van der Waals surface area contributed by atoms with E-state index in [1.165, 1.54) is 18.2 Å². The molecule has 1 aliphatic rings. The first-order valence-corrected chi connectivity index (χ1v) is 8.75. The second kappa shape index (κ2) is 8.53. The first-order valence-electron chi connectivity index (χ1n) is 8.37. The number of esters is 1. The summed E-state index contributed by atoms with van der Waals surface area (Å²) < 4.78 is 4.95. The summed E-state index contributed by atoms with van der Waals surface area (Å²) in [6.45, 7) is -0.562. The second-order valence-electron chi connectivity index (χ2n) is 6.01. The fraction of sp³-hybridized carbons (Fsp3) is 0.158. The fourth-order valence-electron chi connectivity index (χ4n) is 2.56. The molecule has 1 aliphatic heterocycles. The van der Waals surface area contributed by atoms with Crippen LogP contribution < -0.4 is 16.2 Å². The zero-order valence-corrected chi connectivity index (χ0v) is 15.3. The number of anilines is 1. The van der Waals surface area contributed by atoms with Gasteiger partial charge in [0.05, 0.1) is 5.56 Å². The first kappa shape index (κ1) is 19.4. The number of benzene rings is 2. The van der Waals surface area contributed by atoms with E-state index in [4.69, 9.17) is 16.3 Å². The summed E-state index contributed by atoms with van der Waals surface area (Å²) in [5, 5.41) is 3.20. The number of aryl methyl sites for hydroxylation is 1. The quantitative estimate of drug-likeness (QED) is 0.534. The molecule has 3 amide bonds. The molecular formula is C19H16ClN3O5. The van der Waals surface area contributed by atoms with Crippen molar-refractivity contribution < 1.29 is 23.9 Å². The van der Waals surface area contributed by atoms with E-state index in [9.17, 15) is 19.2 Å². The average Bonchev–Trinajstić information content (AvgIpc) is 2.70. The maximum Gasteiger partial charge on any atom is 0.338 e. The van der Waals surface area contributed by atoms with Gasteiger partial charge in [0.2, 0.25) is 5.91 Å². The van der Waals surface area contributed by atoms with Crippen LogP contribution in [0.15, 0.2) is 42.5 Å². The van der Waals surface area contributed by atoms with Crippen molar-refractivity contribution in [2.45, 2.75) is 12.8 Å². The molecule has 8 nitrogen and oxygen atoms in total. The van der Waals surface area contributed by atoms with Crippen LogP contribution in [-0.2, 0) is 20.7 Å². The van der Waals surface area contributed by atoms with Crippen LogP contribution in [0, 0.1) is 0 Å². The summed E-state index contributed by atoms with van der Waals surface area (Å²) in [5.41, 5.74) is 6.44. The van der Waals surface area contributed by atoms with Gasteiger partial charge >= 0.3 is 5.97 Å². The Balaban J connectivity index is 1.48. The third-order valence-electron chi connectivity index (χ3n) is 3.99. The number of ether oxygens (including phenoxy) is 1. The van der Waals surface area contributed by atoms with Gasteiger partial charge in [-0.2, -0.15) is 0 Å². The maximum atomic E-state index is 12.1. The molecule has 0 atom stereocenters. The van der Waals surface area contributed by atoms with E-state index in [2.05, 4.69) is 16.2 Å². The van der Waals surface area contributed by atoms with Gasteiger partial charge in [0.25, 0.3) is 11.8 Å². The number of carbonyl (C=O) groups excluding carboxylic acids is 4. The van der Waals surface area contributed by atoms with Crippen LogP contribution in [0.2, 0.25) is 5.02 Å². The SMILES string of the molecule is O=C(COC(=O)c1ccc2c(c1)CCC(=O)N2)NNC(=O)c1ccc(Cl)cc1. The highest BCUT2D eigenvalue weighted by molar-refractivity contribution is 6.30. The lowest BCUT2D eigenvalue weighted by Crippen LogP contribution is -2.43. The lowest BCUT2D eigenvalue weighted by Gasteiger charge is -2.17. The summed E-state index contributed by atoms with van der Waals surface area (Å²) in [6.07, 6.45) is 0.876. The van der Waals surface area contributed by atoms with Crippen molar-refractivity contribution in [3.63, 3.8) is 0 Å². The number of hydrogen-bond acceptors (Lipinski definition) is 5. The van der Waals surface area contributed by atoms with Gasteiger partial charge in [-0.25, -0.2) is 4.79 Å². The van der Waals surface area contributed by atoms with E-state index in [1.54, 1.807) is 24.3 Å². The molecule has 0 saturated heterocycles. The highest BCUT2D eigenvalue weighted by Crippen LogP contribution is 2.23. The number of amides is 3. The lowest BCUT2D eigenvalue weighted by atomic mass is 10.0. The van der Waals surface area contributed by atoms with Gasteiger partial charge in [0, 0.05) is 22.7 Å². The van der Waals surface area contributed by atoms with E-state index in [0.717, 1.165) is 5.56 Å². The molecule has 0 unspecified atom stereocenters. The Morgan fingerprint density at radius 2 is 1.71 bits per heavy atom. The van der Waals surface area contributed by atoms with Crippen LogP contribution in [0.1, 0.15) is 32.7 Å². The minimum absolute atomic E-state index is 0.0693. The van der Waals surface area contributed by atoms with Crippen molar-refractivity contribution in [1.29, 1.82) is 0 Å². The molecule has 0 saturated carbocycles. The van der Waals surface area contributed by atoms with Crippen LogP contribution >= 0.6 is 11.6 Å². The van der Waals surface area contributed by atoms with E-state index in [0.29, 0.717) is 29.1 Å². The fourth-order valence-corrected chi connectivity index (χ4v) is 2.69. The molecule has 0 fully saturated rings. The van der Waals surface area contributed by atoms with E-state index >= 15 is 0 Å². The Morgan fingerprint density at radius 1 is 1.00 bits per heavy atom. The number of hydrogen-bond donors (Lipinski definition) is 3. The van der Waals surface area contributed by atoms with Crippen molar-refractivity contribution in [3.8, 4) is 0 Å². The van der Waals surface area contributed by atoms with E-state index in [1.807, 2.05) is 0 Å². The van der Waals surface area contributed by atoms with Gasteiger partial charge in [0.15, 0.2) is 6.61 Å². The molecule has 9 heteroatoms. The topological polar surface area (TPSA) is 114 Å². The molecular weight excluding hydrogens is 386 g/mol. The largest absolute Gasteiger partial charge is 0.452 e. The van der Waals surface area contributed by atoms with E-state index < -0.39 is 24.4 Å². The Labute approximate surface area is 165 Å². The predicted octanol–water partition coefficient (Wildman–Crippen LogP) is 1.84. The molecule has 1 heterocycles. The number of carbonyl (C=O) groups is 4. The molecule has 144 valence electrons. The molecule has 2 aromatic carbocycles. The van der Waals surface area contributed by atoms with Crippen molar-refractivity contribution >= 4 is 41.0 Å². The second-order valence-corrected chi connectivity index (χ2v) is 6.44. The lowest BCUT2D eigenvalue weighted by molar-refractivity contribution is -0.125.